The van der Waals surface area contributed by atoms with Gasteiger partial charge in [-0.15, -0.1) is 11.3 Å². The molecule has 1 N–H and O–H groups in total. The molecule has 0 amide bonds. The first-order valence-corrected chi connectivity index (χ1v) is 8.65. The summed E-state index contributed by atoms with van der Waals surface area (Å²) in [5.41, 5.74) is 2.71. The van der Waals surface area contributed by atoms with Crippen LogP contribution in [0.3, 0.4) is 0 Å². The molecule has 3 aromatic rings. The number of likely N-dealkylation sites (N-methyl/N-ethyl adjacent to an activating group) is 1. The second-order valence-corrected chi connectivity index (χ2v) is 6.96. The highest BCUT2D eigenvalue weighted by atomic mass is 32.1. The number of nitrogens with zero attached hydrogens (tertiary/aromatic N) is 3. The molecule has 0 bridgehead atoms. The Bertz CT molecular complexity index is 886. The van der Waals surface area contributed by atoms with Gasteiger partial charge in [-0.2, -0.15) is 0 Å². The molecule has 2 heterocycles. The van der Waals surface area contributed by atoms with Crippen molar-refractivity contribution in [1.29, 1.82) is 0 Å². The molecule has 0 aliphatic heterocycles. The molecule has 0 radical (unpaired) electrons. The number of H-pyrrole nitrogens is 1. The van der Waals surface area contributed by atoms with E-state index < -0.39 is 0 Å². The lowest BCUT2D eigenvalue weighted by Crippen LogP contribution is -2.25. The van der Waals surface area contributed by atoms with Gasteiger partial charge in [0.1, 0.15) is 0 Å². The van der Waals surface area contributed by atoms with Crippen LogP contribution in [0.1, 0.15) is 16.3 Å². The smallest absolute Gasteiger partial charge is 0.252 e. The van der Waals surface area contributed by atoms with Crippen LogP contribution >= 0.6 is 11.3 Å². The summed E-state index contributed by atoms with van der Waals surface area (Å²) < 4.78 is 0. The van der Waals surface area contributed by atoms with E-state index in [-0.39, 0.29) is 5.56 Å². The number of benzene rings is 1. The number of aromatic nitrogens is 3. The first-order chi connectivity index (χ1) is 11.5. The number of thiazole rings is 1. The molecule has 2 aromatic heterocycles. The summed E-state index contributed by atoms with van der Waals surface area (Å²) in [5.74, 6) is 0.582. The third-order valence-electron chi connectivity index (χ3n) is 3.81. The van der Waals surface area contributed by atoms with E-state index in [1.165, 1.54) is 11.6 Å². The molecular weight excluding hydrogens is 320 g/mol. The molecule has 1 aromatic carbocycles. The summed E-state index contributed by atoms with van der Waals surface area (Å²) in [6.07, 6.45) is 0.893. The summed E-state index contributed by atoms with van der Waals surface area (Å²) in [7, 11) is 1.94. The summed E-state index contributed by atoms with van der Waals surface area (Å²) in [5, 5.41) is 0.976. The van der Waals surface area contributed by atoms with E-state index in [0.717, 1.165) is 28.5 Å². The average Bonchev–Trinajstić information content (AvgIpc) is 2.91. The molecule has 5 nitrogen and oxygen atoms in total. The van der Waals surface area contributed by atoms with Gasteiger partial charge in [0.05, 0.1) is 21.3 Å². The predicted molar refractivity (Wildman–Crippen MR) is 98.9 cm³/mol. The van der Waals surface area contributed by atoms with E-state index in [2.05, 4.69) is 27.1 Å². The normalized spacial score (nSPS) is 10.8. The highest BCUT2D eigenvalue weighted by Gasteiger charge is 2.13. The first-order valence-electron chi connectivity index (χ1n) is 7.84. The van der Waals surface area contributed by atoms with Crippen molar-refractivity contribution in [3.8, 4) is 10.6 Å². The maximum absolute atomic E-state index is 12.0. The van der Waals surface area contributed by atoms with Crippen LogP contribution in [0.5, 0.6) is 0 Å². The van der Waals surface area contributed by atoms with E-state index in [1.807, 2.05) is 44.0 Å². The average molecular weight is 340 g/mol. The molecule has 0 unspecified atom stereocenters. The van der Waals surface area contributed by atoms with Gasteiger partial charge in [0.25, 0.3) is 5.56 Å². The number of hydrogen-bond donors (Lipinski definition) is 1. The SMILES string of the molecule is Cc1nc(C)c(-c2cc(=O)[nH]c(N(C)CCc3ccccc3)n2)s1. The fourth-order valence-electron chi connectivity index (χ4n) is 2.56. The zero-order chi connectivity index (χ0) is 17.1. The summed E-state index contributed by atoms with van der Waals surface area (Å²) in [6, 6.07) is 11.8. The molecule has 0 fully saturated rings. The molecule has 124 valence electrons. The van der Waals surface area contributed by atoms with E-state index in [9.17, 15) is 4.79 Å². The standard InChI is InChI=1S/C18H20N4OS/c1-12-17(24-13(2)19-12)15-11-16(23)21-18(20-15)22(3)10-9-14-7-5-4-6-8-14/h4-8,11H,9-10H2,1-3H3,(H,20,21,23). The zero-order valence-corrected chi connectivity index (χ0v) is 14.9. The highest BCUT2D eigenvalue weighted by molar-refractivity contribution is 7.15. The summed E-state index contributed by atoms with van der Waals surface area (Å²) in [6.45, 7) is 4.68. The lowest BCUT2D eigenvalue weighted by Gasteiger charge is -2.18. The lowest BCUT2D eigenvalue weighted by atomic mass is 10.1. The van der Waals surface area contributed by atoms with Gasteiger partial charge in [-0.05, 0) is 25.8 Å². The second kappa shape index (κ2) is 6.97. The zero-order valence-electron chi connectivity index (χ0n) is 14.0. The molecular formula is C18H20N4OS. The van der Waals surface area contributed by atoms with Crippen LogP contribution in [0, 0.1) is 13.8 Å². The van der Waals surface area contributed by atoms with Crippen LogP contribution in [0.25, 0.3) is 10.6 Å². The van der Waals surface area contributed by atoms with Crippen molar-refractivity contribution >= 4 is 17.3 Å². The number of aryl methyl sites for hydroxylation is 2. The Kier molecular flexibility index (Phi) is 4.76. The topological polar surface area (TPSA) is 61.9 Å². The van der Waals surface area contributed by atoms with Crippen molar-refractivity contribution in [1.82, 2.24) is 15.0 Å². The Morgan fingerprint density at radius 2 is 1.92 bits per heavy atom. The fourth-order valence-corrected chi connectivity index (χ4v) is 3.44. The van der Waals surface area contributed by atoms with Crippen molar-refractivity contribution in [2.75, 3.05) is 18.5 Å². The number of nitrogens with one attached hydrogen (secondary N) is 1. The number of anilines is 1. The van der Waals surface area contributed by atoms with Crippen LogP contribution in [0.2, 0.25) is 0 Å². The van der Waals surface area contributed by atoms with Crippen LogP contribution in [-0.4, -0.2) is 28.5 Å². The maximum Gasteiger partial charge on any atom is 0.252 e. The minimum atomic E-state index is -0.146. The van der Waals surface area contributed by atoms with Crippen molar-refractivity contribution < 1.29 is 0 Å². The Morgan fingerprint density at radius 1 is 1.17 bits per heavy atom. The Morgan fingerprint density at radius 3 is 2.58 bits per heavy atom. The number of rotatable bonds is 5. The third-order valence-corrected chi connectivity index (χ3v) is 4.90. The number of aromatic amines is 1. The first kappa shape index (κ1) is 16.4. The van der Waals surface area contributed by atoms with Crippen molar-refractivity contribution in [3.63, 3.8) is 0 Å². The minimum Gasteiger partial charge on any atom is -0.345 e. The molecule has 0 aliphatic carbocycles. The number of hydrogen-bond acceptors (Lipinski definition) is 5. The van der Waals surface area contributed by atoms with Crippen LogP contribution in [0.15, 0.2) is 41.2 Å². The maximum atomic E-state index is 12.0. The van der Waals surface area contributed by atoms with E-state index in [4.69, 9.17) is 0 Å². The summed E-state index contributed by atoms with van der Waals surface area (Å²) in [4.78, 5) is 26.8. The Balaban J connectivity index is 1.83. The van der Waals surface area contributed by atoms with Gasteiger partial charge < -0.3 is 4.90 Å². The molecule has 0 aliphatic rings. The largest absolute Gasteiger partial charge is 0.345 e. The minimum absolute atomic E-state index is 0.146. The molecule has 6 heteroatoms. The van der Waals surface area contributed by atoms with Gasteiger partial charge in [0, 0.05) is 19.7 Å². The second-order valence-electron chi connectivity index (χ2n) is 5.76. The van der Waals surface area contributed by atoms with Gasteiger partial charge in [-0.25, -0.2) is 9.97 Å². The third kappa shape index (κ3) is 3.71. The molecule has 3 rings (SSSR count). The van der Waals surface area contributed by atoms with Gasteiger partial charge in [0.2, 0.25) is 5.95 Å². The van der Waals surface area contributed by atoms with Crippen molar-refractivity contribution in [3.05, 3.63) is 63.0 Å². The molecule has 0 atom stereocenters. The van der Waals surface area contributed by atoms with E-state index >= 15 is 0 Å². The monoisotopic (exact) mass is 340 g/mol. The van der Waals surface area contributed by atoms with Crippen LogP contribution in [-0.2, 0) is 6.42 Å². The van der Waals surface area contributed by atoms with Crippen LogP contribution in [0.4, 0.5) is 5.95 Å². The fraction of sp³-hybridized carbons (Fsp3) is 0.278. The van der Waals surface area contributed by atoms with Gasteiger partial charge in [0.15, 0.2) is 0 Å². The van der Waals surface area contributed by atoms with Crippen molar-refractivity contribution in [2.45, 2.75) is 20.3 Å². The predicted octanol–water partition coefficient (Wildman–Crippen LogP) is 3.19. The quantitative estimate of drug-likeness (QED) is 0.775. The van der Waals surface area contributed by atoms with E-state index in [0.29, 0.717) is 11.6 Å². The van der Waals surface area contributed by atoms with Gasteiger partial charge >= 0.3 is 0 Å². The highest BCUT2D eigenvalue weighted by Crippen LogP contribution is 2.28. The Labute approximate surface area is 145 Å². The molecule has 0 saturated carbocycles. The molecule has 24 heavy (non-hydrogen) atoms. The molecule has 0 saturated heterocycles. The van der Waals surface area contributed by atoms with E-state index in [1.54, 1.807) is 11.3 Å². The summed E-state index contributed by atoms with van der Waals surface area (Å²) >= 11 is 1.56. The Hall–Kier alpha value is -2.47. The van der Waals surface area contributed by atoms with Crippen LogP contribution < -0.4 is 10.5 Å². The van der Waals surface area contributed by atoms with Gasteiger partial charge in [-0.3, -0.25) is 9.78 Å². The molecule has 0 spiro atoms. The lowest BCUT2D eigenvalue weighted by molar-refractivity contribution is 0.834. The van der Waals surface area contributed by atoms with Crippen molar-refractivity contribution in [2.24, 2.45) is 0 Å². The van der Waals surface area contributed by atoms with Gasteiger partial charge in [-0.1, -0.05) is 30.3 Å².